The quantitative estimate of drug-likeness (QED) is 0.726. The SMILES string of the molecule is CC(C)Oc1cccc2c3n(nc12)C[C@@H](C(C)(C)C)n1cc(C(=O)O)c(=O)cc1-3. The monoisotopic (exact) mass is 395 g/mol. The summed E-state index contributed by atoms with van der Waals surface area (Å²) in [5.74, 6) is -0.516. The van der Waals surface area contributed by atoms with E-state index in [1.54, 1.807) is 0 Å². The lowest BCUT2D eigenvalue weighted by Gasteiger charge is -2.38. The molecule has 7 heteroatoms. The van der Waals surface area contributed by atoms with Gasteiger partial charge in [-0.3, -0.25) is 9.48 Å². The number of carboxylic acids is 1. The molecule has 3 heterocycles. The summed E-state index contributed by atoms with van der Waals surface area (Å²) in [6, 6.07) is 7.12. The summed E-state index contributed by atoms with van der Waals surface area (Å²) >= 11 is 0. The van der Waals surface area contributed by atoms with Crippen LogP contribution >= 0.6 is 0 Å². The molecule has 3 aromatic rings. The molecule has 1 aliphatic heterocycles. The normalized spacial score (nSPS) is 16.0. The topological polar surface area (TPSA) is 86.3 Å². The first-order valence-corrected chi connectivity index (χ1v) is 9.74. The average Bonchev–Trinajstić information content (AvgIpc) is 2.99. The van der Waals surface area contributed by atoms with E-state index in [9.17, 15) is 14.7 Å². The van der Waals surface area contributed by atoms with Gasteiger partial charge in [-0.05, 0) is 25.3 Å². The molecular weight excluding hydrogens is 370 g/mol. The number of hydrogen-bond acceptors (Lipinski definition) is 4. The van der Waals surface area contributed by atoms with Crippen molar-refractivity contribution in [1.82, 2.24) is 14.3 Å². The van der Waals surface area contributed by atoms with Crippen LogP contribution in [-0.4, -0.2) is 31.5 Å². The highest BCUT2D eigenvalue weighted by molar-refractivity contribution is 5.96. The molecule has 0 aliphatic carbocycles. The number of fused-ring (bicyclic) bond motifs is 5. The summed E-state index contributed by atoms with van der Waals surface area (Å²) in [7, 11) is 0. The van der Waals surface area contributed by atoms with Crippen LogP contribution in [0.2, 0.25) is 0 Å². The van der Waals surface area contributed by atoms with E-state index in [1.807, 2.05) is 41.3 Å². The lowest BCUT2D eigenvalue weighted by atomic mass is 9.85. The third kappa shape index (κ3) is 3.10. The molecular formula is C22H25N3O4. The number of aromatic nitrogens is 3. The second kappa shape index (κ2) is 6.47. The number of hydrogen-bond donors (Lipinski definition) is 1. The van der Waals surface area contributed by atoms with Crippen molar-refractivity contribution in [3.8, 4) is 17.1 Å². The molecule has 0 bridgehead atoms. The molecule has 0 fully saturated rings. The van der Waals surface area contributed by atoms with Crippen LogP contribution < -0.4 is 10.2 Å². The highest BCUT2D eigenvalue weighted by atomic mass is 16.5. The van der Waals surface area contributed by atoms with E-state index in [2.05, 4.69) is 20.8 Å². The zero-order valence-electron chi connectivity index (χ0n) is 17.3. The maximum absolute atomic E-state index is 12.5. The molecule has 0 amide bonds. The average molecular weight is 395 g/mol. The van der Waals surface area contributed by atoms with Gasteiger partial charge in [-0.25, -0.2) is 4.79 Å². The number of carboxylic acid groups (broad SMARTS) is 1. The Morgan fingerprint density at radius 3 is 2.66 bits per heavy atom. The summed E-state index contributed by atoms with van der Waals surface area (Å²) in [6.07, 6.45) is 1.49. The van der Waals surface area contributed by atoms with Crippen molar-refractivity contribution in [2.45, 2.75) is 53.3 Å². The van der Waals surface area contributed by atoms with E-state index in [-0.39, 0.29) is 23.1 Å². The predicted octanol–water partition coefficient (Wildman–Crippen LogP) is 3.95. The molecule has 2 aromatic heterocycles. The largest absolute Gasteiger partial charge is 0.489 e. The molecule has 29 heavy (non-hydrogen) atoms. The fourth-order valence-corrected chi connectivity index (χ4v) is 3.98. The zero-order chi connectivity index (χ0) is 21.1. The van der Waals surface area contributed by atoms with Gasteiger partial charge in [-0.2, -0.15) is 5.10 Å². The first kappa shape index (κ1) is 19.2. The van der Waals surface area contributed by atoms with Gasteiger partial charge in [-0.1, -0.05) is 32.9 Å². The second-order valence-corrected chi connectivity index (χ2v) is 8.88. The number of pyridine rings is 1. The third-order valence-electron chi connectivity index (χ3n) is 5.33. The van der Waals surface area contributed by atoms with Crippen LogP contribution in [0.1, 0.15) is 51.0 Å². The molecule has 0 radical (unpaired) electrons. The zero-order valence-corrected chi connectivity index (χ0v) is 17.3. The van der Waals surface area contributed by atoms with Crippen molar-refractivity contribution in [3.05, 3.63) is 46.2 Å². The summed E-state index contributed by atoms with van der Waals surface area (Å²) in [6.45, 7) is 10.8. The van der Waals surface area contributed by atoms with E-state index in [4.69, 9.17) is 9.84 Å². The van der Waals surface area contributed by atoms with E-state index in [0.717, 1.165) is 16.6 Å². The number of carbonyl (C=O) groups is 1. The Morgan fingerprint density at radius 1 is 1.31 bits per heavy atom. The van der Waals surface area contributed by atoms with Crippen LogP contribution in [0, 0.1) is 5.41 Å². The Balaban J connectivity index is 2.04. The molecule has 1 aliphatic rings. The summed E-state index contributed by atoms with van der Waals surface area (Å²) < 4.78 is 9.79. The maximum atomic E-state index is 12.5. The Hall–Kier alpha value is -3.09. The Bertz CT molecular complexity index is 1180. The molecule has 0 saturated heterocycles. The number of ether oxygens (including phenoxy) is 1. The minimum Gasteiger partial charge on any atom is -0.489 e. The molecule has 1 atom stereocenters. The van der Waals surface area contributed by atoms with Crippen LogP contribution in [0.3, 0.4) is 0 Å². The van der Waals surface area contributed by atoms with Gasteiger partial charge in [0.15, 0.2) is 5.43 Å². The van der Waals surface area contributed by atoms with Crippen LogP contribution in [0.15, 0.2) is 35.3 Å². The van der Waals surface area contributed by atoms with Gasteiger partial charge in [0, 0.05) is 17.6 Å². The van der Waals surface area contributed by atoms with E-state index >= 15 is 0 Å². The van der Waals surface area contributed by atoms with Crippen LogP contribution in [0.4, 0.5) is 0 Å². The van der Waals surface area contributed by atoms with E-state index in [0.29, 0.717) is 18.0 Å². The van der Waals surface area contributed by atoms with Gasteiger partial charge >= 0.3 is 5.97 Å². The maximum Gasteiger partial charge on any atom is 0.341 e. The smallest absolute Gasteiger partial charge is 0.341 e. The number of rotatable bonds is 3. The molecule has 152 valence electrons. The molecule has 0 unspecified atom stereocenters. The van der Waals surface area contributed by atoms with Crippen LogP contribution in [0.25, 0.3) is 22.3 Å². The standard InChI is InChI=1S/C22H25N3O4/c1-12(2)29-17-8-6-7-13-19(17)23-25-11-18(22(3,4)5)24-10-14(21(27)28)16(26)9-15(24)20(13)25/h6-10,12,18H,11H2,1-5H3,(H,27,28)/t18-/m0/s1. The number of aromatic carboxylic acids is 1. The lowest BCUT2D eigenvalue weighted by Crippen LogP contribution is -2.35. The van der Waals surface area contributed by atoms with Gasteiger partial charge in [-0.15, -0.1) is 0 Å². The van der Waals surface area contributed by atoms with Crippen LogP contribution in [0.5, 0.6) is 5.75 Å². The molecule has 4 rings (SSSR count). The first-order chi connectivity index (χ1) is 13.6. The van der Waals surface area contributed by atoms with Crippen molar-refractivity contribution in [3.63, 3.8) is 0 Å². The van der Waals surface area contributed by atoms with Gasteiger partial charge < -0.3 is 14.4 Å². The van der Waals surface area contributed by atoms with Crippen molar-refractivity contribution < 1.29 is 14.6 Å². The fourth-order valence-electron chi connectivity index (χ4n) is 3.98. The van der Waals surface area contributed by atoms with E-state index in [1.165, 1.54) is 12.3 Å². The molecule has 0 spiro atoms. The fraction of sp³-hybridized carbons (Fsp3) is 0.409. The number of nitrogens with zero attached hydrogens (tertiary/aromatic N) is 3. The van der Waals surface area contributed by atoms with Gasteiger partial charge in [0.05, 0.1) is 30.1 Å². The molecule has 1 N–H and O–H groups in total. The highest BCUT2D eigenvalue weighted by Gasteiger charge is 2.35. The van der Waals surface area contributed by atoms with E-state index < -0.39 is 11.4 Å². The predicted molar refractivity (Wildman–Crippen MR) is 111 cm³/mol. The minimum atomic E-state index is -1.21. The van der Waals surface area contributed by atoms with Crippen LogP contribution in [-0.2, 0) is 6.54 Å². The van der Waals surface area contributed by atoms with Gasteiger partial charge in [0.2, 0.25) is 0 Å². The van der Waals surface area contributed by atoms with Gasteiger partial charge in [0.25, 0.3) is 0 Å². The number of benzene rings is 1. The molecule has 1 aromatic carbocycles. The highest BCUT2D eigenvalue weighted by Crippen LogP contribution is 2.43. The molecule has 7 nitrogen and oxygen atoms in total. The third-order valence-corrected chi connectivity index (χ3v) is 5.33. The summed E-state index contributed by atoms with van der Waals surface area (Å²) in [4.78, 5) is 24.1. The van der Waals surface area contributed by atoms with Crippen molar-refractivity contribution in [1.29, 1.82) is 0 Å². The summed E-state index contributed by atoms with van der Waals surface area (Å²) in [5.41, 5.74) is 1.33. The van der Waals surface area contributed by atoms with Crippen molar-refractivity contribution >= 4 is 16.9 Å². The van der Waals surface area contributed by atoms with Crippen molar-refractivity contribution in [2.75, 3.05) is 0 Å². The Labute approximate surface area is 168 Å². The van der Waals surface area contributed by atoms with Gasteiger partial charge in [0.1, 0.15) is 16.8 Å². The minimum absolute atomic E-state index is 0.00896. The van der Waals surface area contributed by atoms with Crippen molar-refractivity contribution in [2.24, 2.45) is 5.41 Å². The second-order valence-electron chi connectivity index (χ2n) is 8.88. The summed E-state index contributed by atoms with van der Waals surface area (Å²) in [5, 5.41) is 15.2. The Morgan fingerprint density at radius 2 is 2.03 bits per heavy atom. The lowest BCUT2D eigenvalue weighted by molar-refractivity contribution is 0.0693. The first-order valence-electron chi connectivity index (χ1n) is 9.74. The Kier molecular flexibility index (Phi) is 4.29. The molecule has 0 saturated carbocycles.